The summed E-state index contributed by atoms with van der Waals surface area (Å²) >= 11 is 0. The molecule has 3 aliphatic rings. The van der Waals surface area contributed by atoms with Gasteiger partial charge in [0.1, 0.15) is 5.75 Å². The van der Waals surface area contributed by atoms with Crippen LogP contribution in [0.4, 0.5) is 11.4 Å². The van der Waals surface area contributed by atoms with E-state index in [-0.39, 0.29) is 5.91 Å². The first kappa shape index (κ1) is 14.8. The van der Waals surface area contributed by atoms with Crippen molar-refractivity contribution in [3.05, 3.63) is 17.7 Å². The van der Waals surface area contributed by atoms with Crippen molar-refractivity contribution in [1.29, 1.82) is 0 Å². The van der Waals surface area contributed by atoms with E-state index in [0.29, 0.717) is 6.04 Å². The average molecular weight is 315 g/mol. The molecular formula is C18H25N3O2. The van der Waals surface area contributed by atoms with Gasteiger partial charge in [-0.15, -0.1) is 0 Å². The number of piperazine rings is 1. The summed E-state index contributed by atoms with van der Waals surface area (Å²) in [4.78, 5) is 18.8. The van der Waals surface area contributed by atoms with Crippen LogP contribution < -0.4 is 14.5 Å². The number of amides is 1. The minimum Gasteiger partial charge on any atom is -0.495 e. The van der Waals surface area contributed by atoms with Crippen LogP contribution in [0.25, 0.3) is 0 Å². The lowest BCUT2D eigenvalue weighted by atomic mass is 10.1. The highest BCUT2D eigenvalue weighted by Gasteiger charge is 2.33. The zero-order chi connectivity index (χ0) is 16.0. The molecule has 23 heavy (non-hydrogen) atoms. The summed E-state index contributed by atoms with van der Waals surface area (Å²) in [6.45, 7) is 6.91. The molecule has 4 rings (SSSR count). The first-order valence-electron chi connectivity index (χ1n) is 8.65. The summed E-state index contributed by atoms with van der Waals surface area (Å²) in [5.74, 6) is 1.07. The topological polar surface area (TPSA) is 36.0 Å². The second kappa shape index (κ2) is 5.71. The maximum Gasteiger partial charge on any atom is 0.223 e. The van der Waals surface area contributed by atoms with Crippen LogP contribution in [0.5, 0.6) is 5.75 Å². The normalized spacial score (nSPS) is 23.8. The van der Waals surface area contributed by atoms with Gasteiger partial charge in [-0.1, -0.05) is 0 Å². The summed E-state index contributed by atoms with van der Waals surface area (Å²) in [6.07, 6.45) is 3.53. The number of nitrogens with zero attached hydrogens (tertiary/aromatic N) is 3. The maximum absolute atomic E-state index is 11.9. The van der Waals surface area contributed by atoms with Gasteiger partial charge >= 0.3 is 0 Å². The molecule has 5 nitrogen and oxygen atoms in total. The van der Waals surface area contributed by atoms with Gasteiger partial charge in [-0.05, 0) is 43.5 Å². The summed E-state index contributed by atoms with van der Waals surface area (Å²) in [6, 6.07) is 4.98. The van der Waals surface area contributed by atoms with E-state index in [2.05, 4.69) is 21.9 Å². The number of methoxy groups -OCH3 is 1. The Morgan fingerprint density at radius 2 is 2.04 bits per heavy atom. The molecule has 0 spiro atoms. The third kappa shape index (κ3) is 2.47. The molecule has 3 heterocycles. The lowest BCUT2D eigenvalue weighted by Crippen LogP contribution is -2.50. The first-order chi connectivity index (χ1) is 11.2. The van der Waals surface area contributed by atoms with Crippen LogP contribution in [0.2, 0.25) is 0 Å². The molecule has 0 aromatic heterocycles. The zero-order valence-corrected chi connectivity index (χ0v) is 14.0. The molecule has 2 saturated heterocycles. The van der Waals surface area contributed by atoms with Crippen LogP contribution >= 0.6 is 0 Å². The van der Waals surface area contributed by atoms with Gasteiger partial charge in [-0.3, -0.25) is 9.69 Å². The van der Waals surface area contributed by atoms with Gasteiger partial charge in [0.25, 0.3) is 0 Å². The van der Waals surface area contributed by atoms with Gasteiger partial charge < -0.3 is 14.5 Å². The van der Waals surface area contributed by atoms with E-state index in [4.69, 9.17) is 4.74 Å². The van der Waals surface area contributed by atoms with E-state index in [1.54, 1.807) is 14.0 Å². The van der Waals surface area contributed by atoms with E-state index < -0.39 is 0 Å². The number of rotatable bonds is 2. The zero-order valence-electron chi connectivity index (χ0n) is 14.0. The lowest BCUT2D eigenvalue weighted by molar-refractivity contribution is -0.116. The van der Waals surface area contributed by atoms with E-state index in [1.165, 1.54) is 24.9 Å². The van der Waals surface area contributed by atoms with Gasteiger partial charge in [0, 0.05) is 44.8 Å². The Kier molecular flexibility index (Phi) is 3.68. The molecule has 0 aliphatic carbocycles. The van der Waals surface area contributed by atoms with Crippen LogP contribution in [0, 0.1) is 0 Å². The highest BCUT2D eigenvalue weighted by Crippen LogP contribution is 2.40. The molecule has 0 radical (unpaired) electrons. The Morgan fingerprint density at radius 1 is 1.17 bits per heavy atom. The summed E-state index contributed by atoms with van der Waals surface area (Å²) in [5.41, 5.74) is 3.44. The molecule has 124 valence electrons. The van der Waals surface area contributed by atoms with Gasteiger partial charge in [0.2, 0.25) is 5.91 Å². The van der Waals surface area contributed by atoms with Gasteiger partial charge in [0.15, 0.2) is 0 Å². The largest absolute Gasteiger partial charge is 0.495 e. The van der Waals surface area contributed by atoms with Crippen LogP contribution in [-0.2, 0) is 11.2 Å². The molecule has 0 saturated carbocycles. The fraction of sp³-hybridized carbons (Fsp3) is 0.611. The molecule has 5 heteroatoms. The Labute approximate surface area is 137 Å². The van der Waals surface area contributed by atoms with Crippen LogP contribution in [0.3, 0.4) is 0 Å². The van der Waals surface area contributed by atoms with Gasteiger partial charge in [0.05, 0.1) is 12.8 Å². The lowest BCUT2D eigenvalue weighted by Gasteiger charge is -2.39. The van der Waals surface area contributed by atoms with Crippen molar-refractivity contribution in [2.45, 2.75) is 32.2 Å². The summed E-state index contributed by atoms with van der Waals surface area (Å²) < 4.78 is 5.67. The smallest absolute Gasteiger partial charge is 0.223 e. The molecule has 2 fully saturated rings. The summed E-state index contributed by atoms with van der Waals surface area (Å²) in [7, 11) is 1.74. The second-order valence-electron chi connectivity index (χ2n) is 6.85. The molecule has 1 aromatic rings. The van der Waals surface area contributed by atoms with Crippen LogP contribution in [0.1, 0.15) is 25.3 Å². The Bertz CT molecular complexity index is 631. The fourth-order valence-corrected chi connectivity index (χ4v) is 4.35. The quantitative estimate of drug-likeness (QED) is 0.835. The first-order valence-corrected chi connectivity index (χ1v) is 8.65. The van der Waals surface area contributed by atoms with Gasteiger partial charge in [-0.25, -0.2) is 0 Å². The third-order valence-electron chi connectivity index (χ3n) is 5.58. The molecule has 0 N–H and O–H groups in total. The van der Waals surface area contributed by atoms with E-state index >= 15 is 0 Å². The summed E-state index contributed by atoms with van der Waals surface area (Å²) in [5, 5.41) is 0. The van der Waals surface area contributed by atoms with Crippen LogP contribution in [0.15, 0.2) is 12.1 Å². The minimum atomic E-state index is 0.125. The number of fused-ring (bicyclic) bond motifs is 2. The fourth-order valence-electron chi connectivity index (χ4n) is 4.35. The molecular weight excluding hydrogens is 290 g/mol. The molecule has 1 atom stereocenters. The average Bonchev–Trinajstić information content (AvgIpc) is 3.18. The van der Waals surface area contributed by atoms with Crippen molar-refractivity contribution < 1.29 is 9.53 Å². The maximum atomic E-state index is 11.9. The molecule has 0 bridgehead atoms. The predicted molar refractivity (Wildman–Crippen MR) is 91.5 cm³/mol. The number of hydrogen-bond donors (Lipinski definition) is 0. The standard InChI is InChI=1S/C18H25N3O2/c1-13(22)21-7-5-14-10-18(23-2)17(11-16(14)21)20-9-8-19-6-3-4-15(19)12-20/h10-11,15H,3-9,12H2,1-2H3. The number of anilines is 2. The van der Waals surface area contributed by atoms with E-state index in [9.17, 15) is 4.79 Å². The number of carbonyl (C=O) groups is 1. The molecule has 1 aromatic carbocycles. The van der Waals surface area contributed by atoms with E-state index in [1.807, 2.05) is 4.90 Å². The number of benzene rings is 1. The highest BCUT2D eigenvalue weighted by molar-refractivity contribution is 5.95. The Hall–Kier alpha value is -1.75. The Morgan fingerprint density at radius 3 is 2.83 bits per heavy atom. The number of hydrogen-bond acceptors (Lipinski definition) is 4. The molecule has 3 aliphatic heterocycles. The van der Waals surface area contributed by atoms with Crippen LogP contribution in [-0.4, -0.2) is 56.7 Å². The Balaban J connectivity index is 1.67. The van der Waals surface area contributed by atoms with Crippen molar-refractivity contribution in [1.82, 2.24) is 4.90 Å². The minimum absolute atomic E-state index is 0.125. The van der Waals surface area contributed by atoms with Gasteiger partial charge in [-0.2, -0.15) is 0 Å². The van der Waals surface area contributed by atoms with Crippen molar-refractivity contribution in [3.8, 4) is 5.75 Å². The second-order valence-corrected chi connectivity index (χ2v) is 6.85. The van der Waals surface area contributed by atoms with E-state index in [0.717, 1.165) is 49.7 Å². The number of carbonyl (C=O) groups excluding carboxylic acids is 1. The van der Waals surface area contributed by atoms with Crippen molar-refractivity contribution in [3.63, 3.8) is 0 Å². The third-order valence-corrected chi connectivity index (χ3v) is 5.58. The van der Waals surface area contributed by atoms with Crippen molar-refractivity contribution in [2.24, 2.45) is 0 Å². The molecule has 1 amide bonds. The monoisotopic (exact) mass is 315 g/mol. The SMILES string of the molecule is COc1cc2c(cc1N1CCN3CCCC3C1)N(C(C)=O)CC2. The number of ether oxygens (including phenoxy) is 1. The predicted octanol–water partition coefficient (Wildman–Crippen LogP) is 1.89. The molecule has 1 unspecified atom stereocenters. The van der Waals surface area contributed by atoms with Crippen molar-refractivity contribution >= 4 is 17.3 Å². The highest BCUT2D eigenvalue weighted by atomic mass is 16.5. The van der Waals surface area contributed by atoms with Crippen molar-refractivity contribution in [2.75, 3.05) is 49.6 Å².